The number of benzene rings is 4. The molecule has 3 saturated heterocycles. The molecule has 3 aliphatic heterocycles. The zero-order valence-corrected chi connectivity index (χ0v) is 32.0. The van der Waals surface area contributed by atoms with Crippen molar-refractivity contribution in [3.05, 3.63) is 119 Å². The van der Waals surface area contributed by atoms with E-state index >= 15 is 9.59 Å². The standard InChI is InChI=1S/C45H44N4O8/c1-26-9-11-28(12-10-26)46-49-42(52)35-25-34-32(17-18-33-38(34)43(53)48(41(33)51)30-15-13-29(14-16-30)47-19-21-57-22-20-47)40(39-36(55-2)23-31(50)24-37(39)56-3)45(35,44(49)54)27-7-5-4-6-8-27/h4-17,23-24,33-35,38,40,46,50H,18-22,25H2,1-3H3/t33-,34+,35-,38-,40+,45+/m0/s1. The molecule has 0 spiro atoms. The summed E-state index contributed by atoms with van der Waals surface area (Å²) in [6.07, 6.45) is 2.39. The summed E-state index contributed by atoms with van der Waals surface area (Å²) >= 11 is 0. The molecule has 12 heteroatoms. The van der Waals surface area contributed by atoms with Crippen LogP contribution in [0.5, 0.6) is 17.2 Å². The van der Waals surface area contributed by atoms with Gasteiger partial charge in [-0.1, -0.05) is 59.7 Å². The predicted molar refractivity (Wildman–Crippen MR) is 212 cm³/mol. The number of rotatable bonds is 8. The first kappa shape index (κ1) is 36.5. The molecule has 3 heterocycles. The Morgan fingerprint density at radius 2 is 1.44 bits per heavy atom. The van der Waals surface area contributed by atoms with Gasteiger partial charge >= 0.3 is 0 Å². The molecule has 0 unspecified atom stereocenters. The van der Waals surface area contributed by atoms with Crippen LogP contribution in [0.1, 0.15) is 35.4 Å². The van der Waals surface area contributed by atoms with Crippen LogP contribution in [0, 0.1) is 30.6 Å². The summed E-state index contributed by atoms with van der Waals surface area (Å²) in [6, 6.07) is 27.1. The topological polar surface area (TPSA) is 138 Å². The molecule has 57 heavy (non-hydrogen) atoms. The van der Waals surface area contributed by atoms with Gasteiger partial charge in [0.05, 0.1) is 62.0 Å². The molecule has 1 saturated carbocycles. The molecule has 4 fully saturated rings. The van der Waals surface area contributed by atoms with E-state index in [2.05, 4.69) is 10.3 Å². The van der Waals surface area contributed by atoms with Gasteiger partial charge in [-0.2, -0.15) is 5.01 Å². The van der Waals surface area contributed by atoms with Gasteiger partial charge in [0.2, 0.25) is 11.8 Å². The number of aryl methyl sites for hydroxylation is 1. The monoisotopic (exact) mass is 768 g/mol. The number of aromatic hydroxyl groups is 1. The number of hydrogen-bond acceptors (Lipinski definition) is 10. The fourth-order valence-electron chi connectivity index (χ4n) is 10.2. The first-order valence-corrected chi connectivity index (χ1v) is 19.4. The van der Waals surface area contributed by atoms with Crippen molar-refractivity contribution in [1.82, 2.24) is 5.01 Å². The van der Waals surface area contributed by atoms with Crippen molar-refractivity contribution < 1.29 is 38.5 Å². The summed E-state index contributed by atoms with van der Waals surface area (Å²) in [7, 11) is 2.95. The maximum absolute atomic E-state index is 15.5. The summed E-state index contributed by atoms with van der Waals surface area (Å²) in [5.41, 5.74) is 6.48. The molecule has 0 radical (unpaired) electrons. The van der Waals surface area contributed by atoms with Gasteiger partial charge in [-0.15, -0.1) is 0 Å². The van der Waals surface area contributed by atoms with Crippen LogP contribution in [-0.4, -0.2) is 74.3 Å². The van der Waals surface area contributed by atoms with Crippen LogP contribution in [0.4, 0.5) is 17.1 Å². The van der Waals surface area contributed by atoms with Crippen LogP contribution in [-0.2, 0) is 29.3 Å². The molecule has 6 atom stereocenters. The number of amides is 4. The van der Waals surface area contributed by atoms with E-state index in [0.29, 0.717) is 35.7 Å². The number of anilines is 3. The molecule has 2 N–H and O–H groups in total. The molecule has 4 aromatic carbocycles. The second kappa shape index (κ2) is 14.1. The van der Waals surface area contributed by atoms with Gasteiger partial charge in [0.1, 0.15) is 17.2 Å². The van der Waals surface area contributed by atoms with Gasteiger partial charge in [-0.25, -0.2) is 0 Å². The van der Waals surface area contributed by atoms with Crippen LogP contribution in [0.25, 0.3) is 0 Å². The molecule has 12 nitrogen and oxygen atoms in total. The van der Waals surface area contributed by atoms with E-state index in [1.165, 1.54) is 31.3 Å². The van der Waals surface area contributed by atoms with Gasteiger partial charge in [-0.05, 0) is 67.6 Å². The Kier molecular flexibility index (Phi) is 9.03. The third-order valence-electron chi connectivity index (χ3n) is 12.7. The van der Waals surface area contributed by atoms with Crippen molar-refractivity contribution in [2.24, 2.45) is 23.7 Å². The Morgan fingerprint density at radius 3 is 2.09 bits per heavy atom. The Morgan fingerprint density at radius 1 is 0.789 bits per heavy atom. The Hall–Kier alpha value is -6.14. The fraction of sp³-hybridized carbons (Fsp3) is 0.333. The smallest absolute Gasteiger partial charge is 0.260 e. The van der Waals surface area contributed by atoms with Crippen molar-refractivity contribution in [2.75, 3.05) is 55.7 Å². The van der Waals surface area contributed by atoms with Crippen molar-refractivity contribution in [3.63, 3.8) is 0 Å². The van der Waals surface area contributed by atoms with Crippen LogP contribution in [0.3, 0.4) is 0 Å². The van der Waals surface area contributed by atoms with Crippen LogP contribution < -0.4 is 24.7 Å². The lowest BCUT2D eigenvalue weighted by Crippen LogP contribution is -2.53. The number of methoxy groups -OCH3 is 2. The molecular weight excluding hydrogens is 725 g/mol. The van der Waals surface area contributed by atoms with Gasteiger partial charge in [0, 0.05) is 42.4 Å². The molecule has 9 rings (SSSR count). The number of nitrogens with one attached hydrogen (secondary N) is 1. The number of phenolic OH excluding ortho intramolecular Hbond substituents is 1. The Labute approximate surface area is 330 Å². The number of ether oxygens (including phenoxy) is 3. The number of carbonyl (C=O) groups is 4. The maximum Gasteiger partial charge on any atom is 0.260 e. The highest BCUT2D eigenvalue weighted by Gasteiger charge is 2.71. The lowest BCUT2D eigenvalue weighted by molar-refractivity contribution is -0.138. The Balaban J connectivity index is 1.20. The van der Waals surface area contributed by atoms with Crippen LogP contribution in [0.2, 0.25) is 0 Å². The predicted octanol–water partition coefficient (Wildman–Crippen LogP) is 5.74. The summed E-state index contributed by atoms with van der Waals surface area (Å²) in [4.78, 5) is 63.3. The first-order chi connectivity index (χ1) is 27.7. The number of phenols is 1. The lowest BCUT2D eigenvalue weighted by atomic mass is 9.49. The minimum Gasteiger partial charge on any atom is -0.508 e. The second-order valence-corrected chi connectivity index (χ2v) is 15.5. The van der Waals surface area contributed by atoms with E-state index in [1.54, 1.807) is 0 Å². The highest BCUT2D eigenvalue weighted by molar-refractivity contribution is 6.22. The van der Waals surface area contributed by atoms with E-state index in [4.69, 9.17) is 14.2 Å². The quantitative estimate of drug-likeness (QED) is 0.169. The van der Waals surface area contributed by atoms with E-state index in [-0.39, 0.29) is 41.9 Å². The number of morpholine rings is 1. The second-order valence-electron chi connectivity index (χ2n) is 15.5. The number of hydrogen-bond donors (Lipinski definition) is 2. The minimum absolute atomic E-state index is 0.105. The highest BCUT2D eigenvalue weighted by Crippen LogP contribution is 2.66. The van der Waals surface area contributed by atoms with Crippen molar-refractivity contribution in [1.29, 1.82) is 0 Å². The van der Waals surface area contributed by atoms with Gasteiger partial charge in [0.15, 0.2) is 0 Å². The zero-order valence-electron chi connectivity index (χ0n) is 32.0. The van der Waals surface area contributed by atoms with Crippen LogP contribution >= 0.6 is 0 Å². The molecule has 0 bridgehead atoms. The molecule has 4 aromatic rings. The number of fused-ring (bicyclic) bond motifs is 4. The summed E-state index contributed by atoms with van der Waals surface area (Å²) in [5.74, 6) is -5.03. The number of allylic oxidation sites excluding steroid dienone is 2. The summed E-state index contributed by atoms with van der Waals surface area (Å²) < 4.78 is 17.4. The molecule has 292 valence electrons. The van der Waals surface area contributed by atoms with Gasteiger partial charge < -0.3 is 24.2 Å². The normalized spacial score (nSPS) is 26.8. The van der Waals surface area contributed by atoms with Crippen molar-refractivity contribution in [3.8, 4) is 17.2 Å². The zero-order chi connectivity index (χ0) is 39.6. The average molecular weight is 769 g/mol. The molecule has 2 aliphatic carbocycles. The number of hydrazine groups is 1. The number of carbonyl (C=O) groups excluding carboxylic acids is 4. The highest BCUT2D eigenvalue weighted by atomic mass is 16.5. The van der Waals surface area contributed by atoms with Crippen molar-refractivity contribution in [2.45, 2.75) is 31.1 Å². The van der Waals surface area contributed by atoms with E-state index in [0.717, 1.165) is 34.9 Å². The third-order valence-corrected chi connectivity index (χ3v) is 12.7. The lowest BCUT2D eigenvalue weighted by Gasteiger charge is -2.51. The molecule has 5 aliphatic rings. The summed E-state index contributed by atoms with van der Waals surface area (Å²) in [5, 5.41) is 11.9. The van der Waals surface area contributed by atoms with E-state index in [9.17, 15) is 14.7 Å². The largest absolute Gasteiger partial charge is 0.508 e. The van der Waals surface area contributed by atoms with Gasteiger partial charge in [0.25, 0.3) is 11.8 Å². The molecule has 0 aromatic heterocycles. The summed E-state index contributed by atoms with van der Waals surface area (Å²) in [6.45, 7) is 4.73. The number of nitrogens with zero attached hydrogens (tertiary/aromatic N) is 3. The van der Waals surface area contributed by atoms with Crippen molar-refractivity contribution >= 4 is 40.7 Å². The molecule has 4 amide bonds. The van der Waals surface area contributed by atoms with Gasteiger partial charge in [-0.3, -0.25) is 29.5 Å². The Bertz CT molecular complexity index is 2260. The average Bonchev–Trinajstić information content (AvgIpc) is 3.62. The minimum atomic E-state index is -1.54. The third kappa shape index (κ3) is 5.60. The van der Waals surface area contributed by atoms with Crippen LogP contribution in [0.15, 0.2) is 103 Å². The first-order valence-electron chi connectivity index (χ1n) is 19.4. The van der Waals surface area contributed by atoms with E-state index in [1.807, 2.05) is 91.9 Å². The maximum atomic E-state index is 15.5. The number of imide groups is 2. The fourth-order valence-corrected chi connectivity index (χ4v) is 10.2. The molecular formula is C45H44N4O8. The van der Waals surface area contributed by atoms with E-state index < -0.39 is 46.8 Å². The SMILES string of the molecule is COc1cc(O)cc(OC)c1[C@H]1C2=CC[C@@H]3C(=O)N(c4ccc(N5CCOCC5)cc4)C(=O)[C@@H]3[C@@H]2C[C@H]2C(=O)N(Nc3ccc(C)cc3)C(=O)[C@@]12c1ccccc1.